The molecule has 0 saturated carbocycles. The van der Waals surface area contributed by atoms with Crippen LogP contribution in [0.15, 0.2) is 42.5 Å². The van der Waals surface area contributed by atoms with Gasteiger partial charge in [0.25, 0.3) is 0 Å². The second-order valence-corrected chi connectivity index (χ2v) is 5.94. The van der Waals surface area contributed by atoms with Gasteiger partial charge in [0.15, 0.2) is 0 Å². The summed E-state index contributed by atoms with van der Waals surface area (Å²) in [7, 11) is 3.95. The van der Waals surface area contributed by atoms with E-state index in [1.54, 1.807) is 0 Å². The Morgan fingerprint density at radius 2 is 1.79 bits per heavy atom. The zero-order chi connectivity index (χ0) is 17.5. The topological polar surface area (TPSA) is 53.6 Å². The lowest BCUT2D eigenvalue weighted by Gasteiger charge is -2.13. The molecule has 2 amide bonds. The van der Waals surface area contributed by atoms with Crippen molar-refractivity contribution in [2.24, 2.45) is 0 Å². The van der Waals surface area contributed by atoms with Crippen molar-refractivity contribution in [3.63, 3.8) is 0 Å². The Balaban J connectivity index is 1.74. The van der Waals surface area contributed by atoms with E-state index in [1.807, 2.05) is 69.2 Å². The highest BCUT2D eigenvalue weighted by Gasteiger charge is 2.03. The molecule has 0 aromatic heterocycles. The minimum absolute atomic E-state index is 0.239. The summed E-state index contributed by atoms with van der Waals surface area (Å²) in [5.41, 5.74) is 4.09. The molecule has 2 aromatic carbocycles. The number of carbonyl (C=O) groups excluding carboxylic acids is 1. The summed E-state index contributed by atoms with van der Waals surface area (Å²) in [4.78, 5) is 13.9. The SMILES string of the molecule is Cc1ccc(C)c(OCCNC(=O)Nc2ccc(N(C)C)cc2)c1. The number of amides is 2. The maximum Gasteiger partial charge on any atom is 0.319 e. The number of ether oxygens (including phenoxy) is 1. The highest BCUT2D eigenvalue weighted by atomic mass is 16.5. The van der Waals surface area contributed by atoms with Gasteiger partial charge in [-0.2, -0.15) is 0 Å². The first kappa shape index (κ1) is 17.7. The molecule has 2 aromatic rings. The van der Waals surface area contributed by atoms with Gasteiger partial charge in [-0.15, -0.1) is 0 Å². The Kier molecular flexibility index (Phi) is 6.07. The number of hydrogen-bond donors (Lipinski definition) is 2. The van der Waals surface area contributed by atoms with E-state index in [1.165, 1.54) is 0 Å². The van der Waals surface area contributed by atoms with Gasteiger partial charge in [-0.3, -0.25) is 0 Å². The fourth-order valence-corrected chi connectivity index (χ4v) is 2.21. The van der Waals surface area contributed by atoms with Crippen LogP contribution in [0.2, 0.25) is 0 Å². The molecule has 0 atom stereocenters. The monoisotopic (exact) mass is 327 g/mol. The predicted octanol–water partition coefficient (Wildman–Crippen LogP) is 3.57. The molecule has 0 aliphatic carbocycles. The molecule has 24 heavy (non-hydrogen) atoms. The fraction of sp³-hybridized carbons (Fsp3) is 0.316. The van der Waals surface area contributed by atoms with Crippen molar-refractivity contribution in [1.29, 1.82) is 0 Å². The Labute approximate surface area is 143 Å². The van der Waals surface area contributed by atoms with Gasteiger partial charge >= 0.3 is 6.03 Å². The van der Waals surface area contributed by atoms with Gasteiger partial charge < -0.3 is 20.3 Å². The Morgan fingerprint density at radius 1 is 1.08 bits per heavy atom. The van der Waals surface area contributed by atoms with Crippen LogP contribution >= 0.6 is 0 Å². The molecule has 2 rings (SSSR count). The van der Waals surface area contributed by atoms with Crippen LogP contribution < -0.4 is 20.3 Å². The molecule has 0 saturated heterocycles. The van der Waals surface area contributed by atoms with Crippen molar-refractivity contribution in [3.05, 3.63) is 53.6 Å². The van der Waals surface area contributed by atoms with Crippen molar-refractivity contribution in [2.75, 3.05) is 37.5 Å². The van der Waals surface area contributed by atoms with E-state index < -0.39 is 0 Å². The van der Waals surface area contributed by atoms with E-state index in [0.29, 0.717) is 13.2 Å². The number of urea groups is 1. The van der Waals surface area contributed by atoms with Crippen molar-refractivity contribution in [1.82, 2.24) is 5.32 Å². The molecule has 128 valence electrons. The van der Waals surface area contributed by atoms with Crippen LogP contribution in [0.3, 0.4) is 0 Å². The van der Waals surface area contributed by atoms with Crippen molar-refractivity contribution >= 4 is 17.4 Å². The van der Waals surface area contributed by atoms with Crippen LogP contribution in [-0.4, -0.2) is 33.3 Å². The summed E-state index contributed by atoms with van der Waals surface area (Å²) < 4.78 is 5.71. The van der Waals surface area contributed by atoms with E-state index >= 15 is 0 Å². The standard InChI is InChI=1S/C19H25N3O2/c1-14-5-6-15(2)18(13-14)24-12-11-20-19(23)21-16-7-9-17(10-8-16)22(3)4/h5-10,13H,11-12H2,1-4H3,(H2,20,21,23). The van der Waals surface area contributed by atoms with Gasteiger partial charge in [0.1, 0.15) is 12.4 Å². The second kappa shape index (κ2) is 8.24. The lowest BCUT2D eigenvalue weighted by Crippen LogP contribution is -2.32. The summed E-state index contributed by atoms with van der Waals surface area (Å²) in [5, 5.41) is 5.59. The van der Waals surface area contributed by atoms with Crippen molar-refractivity contribution in [3.8, 4) is 5.75 Å². The average molecular weight is 327 g/mol. The maximum atomic E-state index is 11.9. The van der Waals surface area contributed by atoms with Crippen LogP contribution in [0.25, 0.3) is 0 Å². The molecule has 0 radical (unpaired) electrons. The molecule has 0 bridgehead atoms. The summed E-state index contributed by atoms with van der Waals surface area (Å²) >= 11 is 0. The number of nitrogens with zero attached hydrogens (tertiary/aromatic N) is 1. The fourth-order valence-electron chi connectivity index (χ4n) is 2.21. The Morgan fingerprint density at radius 3 is 2.46 bits per heavy atom. The number of benzene rings is 2. The average Bonchev–Trinajstić information content (AvgIpc) is 2.55. The summed E-state index contributed by atoms with van der Waals surface area (Å²) in [5.74, 6) is 0.858. The van der Waals surface area contributed by atoms with Gasteiger partial charge in [-0.05, 0) is 55.3 Å². The molecule has 2 N–H and O–H groups in total. The third-order valence-electron chi connectivity index (χ3n) is 3.63. The molecular formula is C19H25N3O2. The number of aryl methyl sites for hydroxylation is 2. The highest BCUT2D eigenvalue weighted by molar-refractivity contribution is 5.89. The van der Waals surface area contributed by atoms with E-state index in [4.69, 9.17) is 4.74 Å². The Bertz CT molecular complexity index is 682. The minimum atomic E-state index is -0.239. The van der Waals surface area contributed by atoms with Crippen LogP contribution in [0.5, 0.6) is 5.75 Å². The minimum Gasteiger partial charge on any atom is -0.491 e. The van der Waals surface area contributed by atoms with Crippen LogP contribution in [0.1, 0.15) is 11.1 Å². The van der Waals surface area contributed by atoms with E-state index in [2.05, 4.69) is 16.7 Å². The van der Waals surface area contributed by atoms with Gasteiger partial charge in [-0.25, -0.2) is 4.79 Å². The summed E-state index contributed by atoms with van der Waals surface area (Å²) in [6.45, 7) is 4.90. The second-order valence-electron chi connectivity index (χ2n) is 5.94. The normalized spacial score (nSPS) is 10.2. The molecule has 0 unspecified atom stereocenters. The summed E-state index contributed by atoms with van der Waals surface area (Å²) in [6, 6.07) is 13.5. The smallest absolute Gasteiger partial charge is 0.319 e. The van der Waals surface area contributed by atoms with E-state index in [-0.39, 0.29) is 6.03 Å². The molecule has 0 aliphatic rings. The number of hydrogen-bond acceptors (Lipinski definition) is 3. The third kappa shape index (κ3) is 5.19. The number of nitrogens with one attached hydrogen (secondary N) is 2. The largest absolute Gasteiger partial charge is 0.491 e. The van der Waals surface area contributed by atoms with Gasteiger partial charge in [0.05, 0.1) is 6.54 Å². The van der Waals surface area contributed by atoms with Gasteiger partial charge in [0, 0.05) is 25.5 Å². The van der Waals surface area contributed by atoms with Crippen LogP contribution in [-0.2, 0) is 0 Å². The van der Waals surface area contributed by atoms with E-state index in [0.717, 1.165) is 28.3 Å². The first-order chi connectivity index (χ1) is 11.5. The van der Waals surface area contributed by atoms with Crippen LogP contribution in [0, 0.1) is 13.8 Å². The third-order valence-corrected chi connectivity index (χ3v) is 3.63. The van der Waals surface area contributed by atoms with Gasteiger partial charge in [-0.1, -0.05) is 12.1 Å². The van der Waals surface area contributed by atoms with E-state index in [9.17, 15) is 4.79 Å². The quantitative estimate of drug-likeness (QED) is 0.798. The zero-order valence-electron chi connectivity index (χ0n) is 14.7. The lowest BCUT2D eigenvalue weighted by atomic mass is 10.1. The highest BCUT2D eigenvalue weighted by Crippen LogP contribution is 2.18. The zero-order valence-corrected chi connectivity index (χ0v) is 14.7. The number of anilines is 2. The first-order valence-electron chi connectivity index (χ1n) is 7.98. The molecule has 0 spiro atoms. The molecule has 0 aliphatic heterocycles. The molecule has 5 nitrogen and oxygen atoms in total. The Hall–Kier alpha value is -2.69. The number of rotatable bonds is 6. The van der Waals surface area contributed by atoms with Crippen molar-refractivity contribution < 1.29 is 9.53 Å². The molecule has 0 heterocycles. The first-order valence-corrected chi connectivity index (χ1v) is 7.98. The van der Waals surface area contributed by atoms with Gasteiger partial charge in [0.2, 0.25) is 0 Å². The van der Waals surface area contributed by atoms with Crippen molar-refractivity contribution in [2.45, 2.75) is 13.8 Å². The molecular weight excluding hydrogens is 302 g/mol. The van der Waals surface area contributed by atoms with Crippen LogP contribution in [0.4, 0.5) is 16.2 Å². The lowest BCUT2D eigenvalue weighted by molar-refractivity contribution is 0.247. The number of carbonyl (C=O) groups is 1. The molecule has 5 heteroatoms. The molecule has 0 fully saturated rings. The predicted molar refractivity (Wildman–Crippen MR) is 99.2 cm³/mol. The summed E-state index contributed by atoms with van der Waals surface area (Å²) in [6.07, 6.45) is 0. The maximum absolute atomic E-state index is 11.9.